The smallest absolute Gasteiger partial charge is 0.251 e. The van der Waals surface area contributed by atoms with Crippen molar-refractivity contribution < 1.29 is 9.59 Å². The van der Waals surface area contributed by atoms with Gasteiger partial charge in [-0.05, 0) is 43.0 Å². The topological polar surface area (TPSA) is 109 Å². The molecule has 0 radical (unpaired) electrons. The van der Waals surface area contributed by atoms with Crippen molar-refractivity contribution in [2.45, 2.75) is 31.7 Å². The number of hydrogen-bond acceptors (Lipinski definition) is 3. The lowest BCUT2D eigenvalue weighted by Gasteiger charge is -2.19. The first kappa shape index (κ1) is 24.6. The molecule has 0 unspecified atom stereocenters. The van der Waals surface area contributed by atoms with Crippen LogP contribution in [0.1, 0.15) is 41.3 Å². The Morgan fingerprint density at radius 3 is 2.26 bits per heavy atom. The van der Waals surface area contributed by atoms with Gasteiger partial charge in [-0.15, -0.1) is 24.0 Å². The van der Waals surface area contributed by atoms with Gasteiger partial charge in [0.15, 0.2) is 5.96 Å². The maximum Gasteiger partial charge on any atom is 0.251 e. The Balaban J connectivity index is 0.00000341. The monoisotopic (exact) mass is 535 g/mol. The van der Waals surface area contributed by atoms with Crippen molar-refractivity contribution >= 4 is 41.8 Å². The number of halogens is 1. The van der Waals surface area contributed by atoms with E-state index in [2.05, 4.69) is 45.2 Å². The highest BCUT2D eigenvalue weighted by Crippen LogP contribution is 2.47. The van der Waals surface area contributed by atoms with E-state index >= 15 is 0 Å². The summed E-state index contributed by atoms with van der Waals surface area (Å²) in [7, 11) is 0. The number of carbonyl (C=O) groups excluding carboxylic acids is 2. The molecule has 2 amide bonds. The fourth-order valence-electron chi connectivity index (χ4n) is 3.31. The molecule has 0 saturated heterocycles. The summed E-state index contributed by atoms with van der Waals surface area (Å²) in [5.74, 6) is -0.115. The van der Waals surface area contributed by atoms with Gasteiger partial charge in [0, 0.05) is 24.1 Å². The molecule has 1 aliphatic carbocycles. The summed E-state index contributed by atoms with van der Waals surface area (Å²) in [6.45, 7) is 4.00. The zero-order valence-electron chi connectivity index (χ0n) is 17.7. The maximum absolute atomic E-state index is 11.9. The summed E-state index contributed by atoms with van der Waals surface area (Å²) in [6, 6.07) is 17.8. The van der Waals surface area contributed by atoms with Gasteiger partial charge in [0.1, 0.15) is 0 Å². The van der Waals surface area contributed by atoms with Gasteiger partial charge in [-0.2, -0.15) is 0 Å². The van der Waals surface area contributed by atoms with E-state index in [0.717, 1.165) is 24.6 Å². The number of aliphatic imine (C=N–C) groups is 1. The van der Waals surface area contributed by atoms with Crippen LogP contribution in [0.2, 0.25) is 0 Å². The molecule has 166 valence electrons. The van der Waals surface area contributed by atoms with E-state index in [1.165, 1.54) is 18.4 Å². The molecule has 0 spiro atoms. The van der Waals surface area contributed by atoms with Gasteiger partial charge in [0.05, 0.1) is 13.1 Å². The van der Waals surface area contributed by atoms with Gasteiger partial charge in [0.25, 0.3) is 5.91 Å². The molecular formula is C23H30IN5O2. The summed E-state index contributed by atoms with van der Waals surface area (Å²) in [6.07, 6.45) is 2.37. The average molecular weight is 535 g/mol. The molecule has 0 heterocycles. The molecule has 3 rings (SSSR count). The van der Waals surface area contributed by atoms with Crippen LogP contribution in [0, 0.1) is 0 Å². The molecule has 2 aromatic rings. The number of nitrogens with two attached hydrogens (primary N) is 1. The fourth-order valence-corrected chi connectivity index (χ4v) is 3.31. The Bertz CT molecular complexity index is 896. The van der Waals surface area contributed by atoms with Crippen LogP contribution in [0.5, 0.6) is 0 Å². The molecule has 0 bridgehead atoms. The average Bonchev–Trinajstić information content (AvgIpc) is 3.56. The van der Waals surface area contributed by atoms with Gasteiger partial charge in [0.2, 0.25) is 5.91 Å². The number of hydrogen-bond donors (Lipinski definition) is 4. The van der Waals surface area contributed by atoms with Crippen LogP contribution in [0.25, 0.3) is 0 Å². The predicted molar refractivity (Wildman–Crippen MR) is 134 cm³/mol. The van der Waals surface area contributed by atoms with E-state index < -0.39 is 5.91 Å². The number of carbonyl (C=O) groups is 2. The number of rotatable bonds is 9. The standard InChI is InChI=1S/C23H29N5O2.HI/c1-2-25-22(28-16-23(12-13-23)19-6-4-3-5-7-19)27-14-17-8-10-18(11-9-17)21(30)26-15-20(24)29;/h3-11H,2,12-16H2,1H3,(H2,24,29)(H,26,30)(H2,25,27,28);1H. The second-order valence-electron chi connectivity index (χ2n) is 7.54. The number of benzene rings is 2. The molecule has 5 N–H and O–H groups in total. The normalized spacial score (nSPS) is 14.2. The van der Waals surface area contributed by atoms with Crippen LogP contribution in [-0.2, 0) is 16.8 Å². The van der Waals surface area contributed by atoms with Crippen molar-refractivity contribution in [2.75, 3.05) is 19.6 Å². The van der Waals surface area contributed by atoms with Crippen LogP contribution in [-0.4, -0.2) is 37.4 Å². The SMILES string of the molecule is CCNC(=NCc1ccc(C(=O)NCC(N)=O)cc1)NCC1(c2ccccc2)CC1.I. The summed E-state index contributed by atoms with van der Waals surface area (Å²) >= 11 is 0. The number of nitrogens with zero attached hydrogens (tertiary/aromatic N) is 1. The van der Waals surface area contributed by atoms with Gasteiger partial charge >= 0.3 is 0 Å². The van der Waals surface area contributed by atoms with Gasteiger partial charge in [-0.25, -0.2) is 4.99 Å². The summed E-state index contributed by atoms with van der Waals surface area (Å²) in [5.41, 5.74) is 8.09. The Hall–Kier alpha value is -2.62. The molecule has 0 atom stereocenters. The zero-order valence-corrected chi connectivity index (χ0v) is 20.0. The van der Waals surface area contributed by atoms with E-state index in [1.807, 2.05) is 25.1 Å². The number of guanidine groups is 1. The van der Waals surface area contributed by atoms with Crippen molar-refractivity contribution in [2.24, 2.45) is 10.7 Å². The van der Waals surface area contributed by atoms with Crippen LogP contribution in [0.15, 0.2) is 59.6 Å². The van der Waals surface area contributed by atoms with Crippen LogP contribution >= 0.6 is 24.0 Å². The van der Waals surface area contributed by atoms with Crippen LogP contribution in [0.3, 0.4) is 0 Å². The highest BCUT2D eigenvalue weighted by atomic mass is 127. The lowest BCUT2D eigenvalue weighted by Crippen LogP contribution is -2.41. The summed E-state index contributed by atoms with van der Waals surface area (Å²) < 4.78 is 0. The Labute approximate surface area is 200 Å². The summed E-state index contributed by atoms with van der Waals surface area (Å²) in [5, 5.41) is 9.25. The van der Waals surface area contributed by atoms with Gasteiger partial charge in [-0.3, -0.25) is 9.59 Å². The molecular weight excluding hydrogens is 505 g/mol. The van der Waals surface area contributed by atoms with E-state index in [9.17, 15) is 9.59 Å². The van der Waals surface area contributed by atoms with E-state index in [1.54, 1.807) is 12.1 Å². The first-order chi connectivity index (χ1) is 14.5. The first-order valence-electron chi connectivity index (χ1n) is 10.3. The Morgan fingerprint density at radius 1 is 1.00 bits per heavy atom. The molecule has 1 saturated carbocycles. The molecule has 8 heteroatoms. The van der Waals surface area contributed by atoms with Crippen molar-refractivity contribution in [3.05, 3.63) is 71.3 Å². The van der Waals surface area contributed by atoms with Crippen molar-refractivity contribution in [3.63, 3.8) is 0 Å². The molecule has 7 nitrogen and oxygen atoms in total. The third-order valence-corrected chi connectivity index (χ3v) is 5.24. The van der Waals surface area contributed by atoms with Crippen molar-refractivity contribution in [3.8, 4) is 0 Å². The van der Waals surface area contributed by atoms with Crippen LogP contribution in [0.4, 0.5) is 0 Å². The van der Waals surface area contributed by atoms with Gasteiger partial charge < -0.3 is 21.7 Å². The summed E-state index contributed by atoms with van der Waals surface area (Å²) in [4.78, 5) is 27.4. The molecule has 0 aliphatic heterocycles. The van der Waals surface area contributed by atoms with E-state index in [-0.39, 0.29) is 41.8 Å². The third kappa shape index (κ3) is 7.23. The molecule has 2 aromatic carbocycles. The minimum absolute atomic E-state index is 0. The Kier molecular flexibility index (Phi) is 9.29. The van der Waals surface area contributed by atoms with E-state index in [4.69, 9.17) is 5.73 Å². The highest BCUT2D eigenvalue weighted by Gasteiger charge is 2.43. The lowest BCUT2D eigenvalue weighted by atomic mass is 9.96. The molecule has 1 aliphatic rings. The number of primary amides is 1. The Morgan fingerprint density at radius 2 is 1.68 bits per heavy atom. The van der Waals surface area contributed by atoms with E-state index in [0.29, 0.717) is 12.1 Å². The first-order valence-corrected chi connectivity index (χ1v) is 10.3. The van der Waals surface area contributed by atoms with Crippen LogP contribution < -0.4 is 21.7 Å². The second-order valence-corrected chi connectivity index (χ2v) is 7.54. The fraction of sp³-hybridized carbons (Fsp3) is 0.348. The number of amides is 2. The molecule has 1 fully saturated rings. The predicted octanol–water partition coefficient (Wildman–Crippen LogP) is 2.31. The van der Waals surface area contributed by atoms with Crippen molar-refractivity contribution in [1.29, 1.82) is 0 Å². The zero-order chi connectivity index (χ0) is 21.4. The second kappa shape index (κ2) is 11.7. The quantitative estimate of drug-likeness (QED) is 0.225. The highest BCUT2D eigenvalue weighted by molar-refractivity contribution is 14.0. The minimum Gasteiger partial charge on any atom is -0.368 e. The van der Waals surface area contributed by atoms with Crippen molar-refractivity contribution in [1.82, 2.24) is 16.0 Å². The minimum atomic E-state index is -0.571. The molecule has 0 aromatic heterocycles. The lowest BCUT2D eigenvalue weighted by molar-refractivity contribution is -0.117. The number of nitrogens with one attached hydrogen (secondary N) is 3. The molecule has 31 heavy (non-hydrogen) atoms. The largest absolute Gasteiger partial charge is 0.368 e. The maximum atomic E-state index is 11.9. The third-order valence-electron chi connectivity index (χ3n) is 5.24. The van der Waals surface area contributed by atoms with Gasteiger partial charge in [-0.1, -0.05) is 42.5 Å².